The Morgan fingerprint density at radius 2 is 1.67 bits per heavy atom. The van der Waals surface area contributed by atoms with Crippen LogP contribution in [0.2, 0.25) is 0 Å². The van der Waals surface area contributed by atoms with Gasteiger partial charge in [0.25, 0.3) is 0 Å². The van der Waals surface area contributed by atoms with Gasteiger partial charge >= 0.3 is 0 Å². The van der Waals surface area contributed by atoms with Crippen molar-refractivity contribution in [3.63, 3.8) is 0 Å². The minimum atomic E-state index is -1.03. The Morgan fingerprint density at radius 3 is 2.31 bits per heavy atom. The maximum atomic E-state index is 13.6. The molecular weight excluding hydrogens is 653 g/mol. The van der Waals surface area contributed by atoms with E-state index in [0.29, 0.717) is 44.4 Å². The fourth-order valence-electron chi connectivity index (χ4n) is 9.99. The Kier molecular flexibility index (Phi) is 10.3. The number of aliphatic hydroxyl groups is 1. The number of ether oxygens (including phenoxy) is 1. The number of likely N-dealkylation sites (tertiary alicyclic amines) is 1. The molecule has 0 radical (unpaired) electrons. The molecule has 1 amide bonds. The molecule has 5 atom stereocenters. The van der Waals surface area contributed by atoms with Crippen LogP contribution in [0.1, 0.15) is 76.5 Å². The largest absolute Gasteiger partial charge is 0.504 e. The van der Waals surface area contributed by atoms with Crippen LogP contribution < -0.4 is 21.9 Å². The van der Waals surface area contributed by atoms with Crippen molar-refractivity contribution in [2.45, 2.75) is 102 Å². The molecule has 8 N–H and O–H groups in total. The Balaban J connectivity index is 0.000000594. The fraction of sp³-hybridized carbons (Fsp3) is 0.524. The number of nitrogens with two attached hydrogens (primary N) is 3. The molecule has 2 fully saturated rings. The summed E-state index contributed by atoms with van der Waals surface area (Å²) in [5.74, 6) is 0.776. The van der Waals surface area contributed by atoms with Gasteiger partial charge in [0.1, 0.15) is 6.10 Å². The average Bonchev–Trinajstić information content (AvgIpc) is 3.44. The molecule has 1 spiro atoms. The minimum absolute atomic E-state index is 0.0341. The zero-order valence-electron chi connectivity index (χ0n) is 31.5. The highest BCUT2D eigenvalue weighted by atomic mass is 16.5. The van der Waals surface area contributed by atoms with E-state index in [2.05, 4.69) is 37.6 Å². The highest BCUT2D eigenvalue weighted by molar-refractivity contribution is 5.79. The number of aliphatic imine (C=N–C) groups is 1. The summed E-state index contributed by atoms with van der Waals surface area (Å²) in [6, 6.07) is 22.8. The number of nitrogens with zero attached hydrogens (tertiary/aromatic N) is 3. The van der Waals surface area contributed by atoms with Crippen LogP contribution in [0.15, 0.2) is 77.8 Å². The topological polar surface area (TPSA) is 164 Å². The predicted octanol–water partition coefficient (Wildman–Crippen LogP) is 4.99. The molecule has 280 valence electrons. The third kappa shape index (κ3) is 7.07. The van der Waals surface area contributed by atoms with E-state index in [4.69, 9.17) is 21.9 Å². The van der Waals surface area contributed by atoms with Gasteiger partial charge in [-0.3, -0.25) is 14.7 Å². The average molecular weight is 711 g/mol. The van der Waals surface area contributed by atoms with Gasteiger partial charge in [0.05, 0.1) is 23.5 Å². The van der Waals surface area contributed by atoms with Crippen molar-refractivity contribution in [1.82, 2.24) is 9.80 Å². The number of hydrogen-bond acceptors (Lipinski definition) is 7. The number of aromatic hydroxyl groups is 1. The predicted molar refractivity (Wildman–Crippen MR) is 207 cm³/mol. The van der Waals surface area contributed by atoms with Crippen LogP contribution in [0.25, 0.3) is 0 Å². The third-order valence-electron chi connectivity index (χ3n) is 12.2. The smallest absolute Gasteiger partial charge is 0.227 e. The molecule has 1 saturated heterocycles. The van der Waals surface area contributed by atoms with Gasteiger partial charge in [0.15, 0.2) is 17.5 Å². The van der Waals surface area contributed by atoms with Crippen molar-refractivity contribution in [3.05, 3.63) is 89.5 Å². The van der Waals surface area contributed by atoms with E-state index in [1.807, 2.05) is 78.7 Å². The number of likely N-dealkylation sites (N-methyl/N-ethyl adjacent to an activating group) is 1. The number of phenols is 1. The highest BCUT2D eigenvalue weighted by Gasteiger charge is 2.73. The summed E-state index contributed by atoms with van der Waals surface area (Å²) in [5, 5.41) is 23.9. The number of nitrogen functional groups attached to an aromatic ring is 1. The number of para-hydroxylation sites is 1. The molecule has 1 saturated carbocycles. The van der Waals surface area contributed by atoms with Gasteiger partial charge in [-0.1, -0.05) is 82.3 Å². The normalized spacial score (nSPS) is 25.9. The van der Waals surface area contributed by atoms with Crippen LogP contribution in [-0.4, -0.2) is 82.4 Å². The van der Waals surface area contributed by atoms with E-state index < -0.39 is 17.1 Å². The zero-order valence-corrected chi connectivity index (χ0v) is 31.5. The summed E-state index contributed by atoms with van der Waals surface area (Å²) >= 11 is 0. The molecule has 0 aromatic heterocycles. The number of amides is 1. The maximum Gasteiger partial charge on any atom is 0.227 e. The third-order valence-corrected chi connectivity index (χ3v) is 12.2. The Labute approximate surface area is 309 Å². The Morgan fingerprint density at radius 1 is 1.00 bits per heavy atom. The number of phenolic OH excluding ortho intramolecular Hbond substituents is 1. The van der Waals surface area contributed by atoms with Gasteiger partial charge in [-0.05, 0) is 91.8 Å². The second kappa shape index (κ2) is 14.3. The quantitative estimate of drug-likeness (QED) is 0.112. The monoisotopic (exact) mass is 710 g/mol. The maximum absolute atomic E-state index is 13.6. The molecule has 2 aliphatic carbocycles. The summed E-state index contributed by atoms with van der Waals surface area (Å²) in [7, 11) is 1.87. The molecule has 5 unspecified atom stereocenters. The second-order valence-corrected chi connectivity index (χ2v) is 17.1. The number of carbonyl (C=O) groups is 1. The van der Waals surface area contributed by atoms with E-state index in [1.54, 1.807) is 6.07 Å². The van der Waals surface area contributed by atoms with E-state index in [-0.39, 0.29) is 40.5 Å². The standard InChI is InChI=1S/C36H51N5O4.C6H7N/c1-33(2,21-34(3,4)22-39-32(37)38)15-17-41-18-16-35-29-24-11-12-26(42)30(29)45-31(35)25(13-14-36(35,44)27(41)20-24)40(5)28(43)19-23-9-7-6-8-10-23;7-6-4-2-1-3-5-6/h6-12,25,27,31,42,44H,13-22H2,1-5H3,(H4,37,38,39);1-5H,7H2. The first-order chi connectivity index (χ1) is 24.6. The second-order valence-electron chi connectivity index (χ2n) is 17.1. The van der Waals surface area contributed by atoms with Gasteiger partial charge < -0.3 is 37.1 Å². The fourth-order valence-corrected chi connectivity index (χ4v) is 9.99. The number of piperidine rings is 1. The van der Waals surface area contributed by atoms with E-state index >= 15 is 0 Å². The summed E-state index contributed by atoms with van der Waals surface area (Å²) < 4.78 is 6.70. The lowest BCUT2D eigenvalue weighted by molar-refractivity contribution is -0.200. The lowest BCUT2D eigenvalue weighted by Gasteiger charge is -2.64. The first-order valence-electron chi connectivity index (χ1n) is 18.7. The Hall–Kier alpha value is -4.28. The number of anilines is 1. The van der Waals surface area contributed by atoms with E-state index in [0.717, 1.165) is 48.3 Å². The molecule has 4 aliphatic rings. The summed E-state index contributed by atoms with van der Waals surface area (Å²) in [6.07, 6.45) is 4.46. The molecule has 10 nitrogen and oxygen atoms in total. The molecule has 2 bridgehead atoms. The molecule has 52 heavy (non-hydrogen) atoms. The lowest BCUT2D eigenvalue weighted by atomic mass is 9.48. The Bertz CT molecular complexity index is 1760. The van der Waals surface area contributed by atoms with Gasteiger partial charge in [0, 0.05) is 30.9 Å². The summed E-state index contributed by atoms with van der Waals surface area (Å²) in [4.78, 5) is 22.2. The zero-order chi connectivity index (χ0) is 37.5. The van der Waals surface area contributed by atoms with Crippen LogP contribution in [0, 0.1) is 10.8 Å². The number of guanidine groups is 1. The SMILES string of the molecule is CN(C(=O)Cc1ccccc1)C1CCC2(O)C3Cc4ccc(O)c5c4C2(CCN3CCC(C)(C)CC(C)(C)CN=C(N)N)C1O5.Nc1ccccc1. The van der Waals surface area contributed by atoms with E-state index in [9.17, 15) is 15.0 Å². The highest BCUT2D eigenvalue weighted by Crippen LogP contribution is 2.66. The number of benzene rings is 3. The summed E-state index contributed by atoms with van der Waals surface area (Å²) in [6.45, 7) is 11.3. The van der Waals surface area contributed by atoms with Gasteiger partial charge in [-0.25, -0.2) is 0 Å². The molecular formula is C42H58N6O4. The van der Waals surface area contributed by atoms with Crippen molar-refractivity contribution in [3.8, 4) is 11.5 Å². The van der Waals surface area contributed by atoms with E-state index in [1.165, 1.54) is 0 Å². The van der Waals surface area contributed by atoms with Crippen molar-refractivity contribution in [2.75, 3.05) is 32.4 Å². The van der Waals surface area contributed by atoms with Crippen molar-refractivity contribution in [1.29, 1.82) is 0 Å². The first kappa shape index (κ1) is 37.5. The molecule has 7 rings (SSSR count). The van der Waals surface area contributed by atoms with Crippen LogP contribution in [0.4, 0.5) is 5.69 Å². The molecule has 3 aromatic carbocycles. The van der Waals surface area contributed by atoms with Crippen LogP contribution in [-0.2, 0) is 23.1 Å². The van der Waals surface area contributed by atoms with Gasteiger partial charge in [-0.15, -0.1) is 0 Å². The molecule has 2 heterocycles. The molecule has 2 aliphatic heterocycles. The van der Waals surface area contributed by atoms with Crippen LogP contribution in [0.5, 0.6) is 11.5 Å². The number of hydrogen-bond donors (Lipinski definition) is 5. The molecule has 10 heteroatoms. The molecule has 3 aromatic rings. The number of carbonyl (C=O) groups excluding carboxylic acids is 1. The summed E-state index contributed by atoms with van der Waals surface area (Å²) in [5.41, 5.74) is 18.8. The van der Waals surface area contributed by atoms with Gasteiger partial charge in [0.2, 0.25) is 5.91 Å². The van der Waals surface area contributed by atoms with Crippen LogP contribution >= 0.6 is 0 Å². The number of rotatable bonds is 10. The van der Waals surface area contributed by atoms with Crippen molar-refractivity contribution in [2.24, 2.45) is 27.3 Å². The van der Waals surface area contributed by atoms with Crippen LogP contribution in [0.3, 0.4) is 0 Å². The minimum Gasteiger partial charge on any atom is -0.504 e. The van der Waals surface area contributed by atoms with Gasteiger partial charge in [-0.2, -0.15) is 0 Å². The van der Waals surface area contributed by atoms with Crippen molar-refractivity contribution < 1.29 is 19.7 Å². The lowest BCUT2D eigenvalue weighted by Crippen LogP contribution is -2.78. The van der Waals surface area contributed by atoms with Crippen molar-refractivity contribution >= 4 is 17.6 Å². The first-order valence-corrected chi connectivity index (χ1v) is 18.7.